The summed E-state index contributed by atoms with van der Waals surface area (Å²) in [5, 5.41) is 0.696. The van der Waals surface area contributed by atoms with Gasteiger partial charge in [-0.1, -0.05) is 49.2 Å². The molecule has 0 spiro atoms. The van der Waals surface area contributed by atoms with Crippen LogP contribution in [0.15, 0.2) is 48.5 Å². The van der Waals surface area contributed by atoms with Crippen molar-refractivity contribution in [1.29, 1.82) is 0 Å². The quantitative estimate of drug-likeness (QED) is 0.439. The lowest BCUT2D eigenvalue weighted by Gasteiger charge is -2.22. The minimum absolute atomic E-state index is 0.184. The summed E-state index contributed by atoms with van der Waals surface area (Å²) in [6.45, 7) is 2.19. The number of hydrogen-bond acceptors (Lipinski definition) is 1. The molecule has 0 saturated heterocycles. The minimum atomic E-state index is -0.184. The number of nitrogens with zero attached hydrogens (tertiary/aromatic N) is 1. The van der Waals surface area contributed by atoms with Gasteiger partial charge in [0.25, 0.3) is 0 Å². The molecule has 0 saturated carbocycles. The molecule has 0 aliphatic heterocycles. The van der Waals surface area contributed by atoms with Crippen molar-refractivity contribution in [2.45, 2.75) is 51.9 Å². The highest BCUT2D eigenvalue weighted by atomic mass is 35.5. The third-order valence-corrected chi connectivity index (χ3v) is 5.94. The average Bonchev–Trinajstić information content (AvgIpc) is 2.72. The highest BCUT2D eigenvalue weighted by Crippen LogP contribution is 2.38. The van der Waals surface area contributed by atoms with E-state index in [2.05, 4.69) is 13.0 Å². The zero-order valence-electron chi connectivity index (χ0n) is 16.3. The molecule has 1 aliphatic carbocycles. The van der Waals surface area contributed by atoms with Gasteiger partial charge in [0, 0.05) is 16.3 Å². The van der Waals surface area contributed by atoms with Crippen molar-refractivity contribution >= 4 is 11.6 Å². The van der Waals surface area contributed by atoms with Crippen LogP contribution in [0, 0.1) is 5.82 Å². The largest absolute Gasteiger partial charge is 0.252 e. The minimum Gasteiger partial charge on any atom is -0.252 e. The van der Waals surface area contributed by atoms with Crippen LogP contribution in [-0.4, -0.2) is 4.98 Å². The molecule has 2 aromatic carbocycles. The van der Waals surface area contributed by atoms with Gasteiger partial charge in [-0.3, -0.25) is 4.98 Å². The fraction of sp³-hybridized carbons (Fsp3) is 0.320. The van der Waals surface area contributed by atoms with Crippen molar-refractivity contribution < 1.29 is 4.39 Å². The molecule has 3 aromatic rings. The van der Waals surface area contributed by atoms with Crippen LogP contribution >= 0.6 is 11.6 Å². The maximum Gasteiger partial charge on any atom is 0.123 e. The molecular weight excluding hydrogens is 369 g/mol. The van der Waals surface area contributed by atoms with Crippen LogP contribution in [0.1, 0.15) is 49.4 Å². The Labute approximate surface area is 171 Å². The zero-order valence-corrected chi connectivity index (χ0v) is 17.0. The third-order valence-electron chi connectivity index (χ3n) is 5.61. The first-order chi connectivity index (χ1) is 13.7. The molecule has 0 unspecified atom stereocenters. The molecule has 0 N–H and O–H groups in total. The second-order valence-corrected chi connectivity index (χ2v) is 7.98. The van der Waals surface area contributed by atoms with Crippen LogP contribution in [0.25, 0.3) is 22.4 Å². The van der Waals surface area contributed by atoms with E-state index in [0.29, 0.717) is 5.02 Å². The van der Waals surface area contributed by atoms with Crippen molar-refractivity contribution in [2.24, 2.45) is 0 Å². The molecule has 0 bridgehead atoms. The molecule has 0 radical (unpaired) electrons. The summed E-state index contributed by atoms with van der Waals surface area (Å²) >= 11 is 6.47. The maximum atomic E-state index is 14.2. The van der Waals surface area contributed by atoms with E-state index in [0.717, 1.165) is 73.0 Å². The highest BCUT2D eigenvalue weighted by Gasteiger charge is 2.20. The Balaban J connectivity index is 1.93. The van der Waals surface area contributed by atoms with Gasteiger partial charge in [-0.15, -0.1) is 0 Å². The molecule has 1 nitrogen and oxygen atoms in total. The molecule has 144 valence electrons. The lowest BCUT2D eigenvalue weighted by atomic mass is 9.86. The second-order valence-electron chi connectivity index (χ2n) is 7.57. The highest BCUT2D eigenvalue weighted by molar-refractivity contribution is 6.33. The van der Waals surface area contributed by atoms with Gasteiger partial charge < -0.3 is 0 Å². The van der Waals surface area contributed by atoms with Crippen molar-refractivity contribution in [3.63, 3.8) is 0 Å². The molecule has 0 amide bonds. The fourth-order valence-electron chi connectivity index (χ4n) is 4.14. The Hall–Kier alpha value is -2.19. The second kappa shape index (κ2) is 8.45. The standard InChI is InChI=1S/C25H25ClFN/c1-2-3-8-17-13-14-18(27)15-21(17)22-16-25(20-10-4-6-11-23(20)26)28-24-12-7-5-9-19(22)24/h4,6,10-11,13-16H,2-3,5,7-9,12H2,1H3. The van der Waals surface area contributed by atoms with Crippen molar-refractivity contribution in [3.05, 3.63) is 76.2 Å². The van der Waals surface area contributed by atoms with Crippen LogP contribution in [0.4, 0.5) is 4.39 Å². The Morgan fingerprint density at radius 3 is 2.61 bits per heavy atom. The summed E-state index contributed by atoms with van der Waals surface area (Å²) in [6.07, 6.45) is 7.47. The first-order valence-corrected chi connectivity index (χ1v) is 10.6. The van der Waals surface area contributed by atoms with Gasteiger partial charge in [-0.25, -0.2) is 4.39 Å². The molecule has 1 aliphatic rings. The number of pyridine rings is 1. The van der Waals surface area contributed by atoms with Gasteiger partial charge in [0.15, 0.2) is 0 Å². The van der Waals surface area contributed by atoms with E-state index in [1.54, 1.807) is 12.1 Å². The summed E-state index contributed by atoms with van der Waals surface area (Å²) < 4.78 is 14.2. The van der Waals surface area contributed by atoms with Crippen molar-refractivity contribution in [2.75, 3.05) is 0 Å². The molecular formula is C25H25ClFN. The van der Waals surface area contributed by atoms with Gasteiger partial charge in [0.05, 0.1) is 5.69 Å². The molecule has 1 heterocycles. The SMILES string of the molecule is CCCCc1ccc(F)cc1-c1cc(-c2ccccc2Cl)nc2c1CCCC2. The molecule has 28 heavy (non-hydrogen) atoms. The fourth-order valence-corrected chi connectivity index (χ4v) is 4.37. The van der Waals surface area contributed by atoms with Gasteiger partial charge >= 0.3 is 0 Å². The van der Waals surface area contributed by atoms with Gasteiger partial charge in [-0.2, -0.15) is 0 Å². The number of aromatic nitrogens is 1. The van der Waals surface area contributed by atoms with E-state index < -0.39 is 0 Å². The summed E-state index contributed by atoms with van der Waals surface area (Å²) in [6, 6.07) is 15.2. The van der Waals surface area contributed by atoms with E-state index in [9.17, 15) is 4.39 Å². The van der Waals surface area contributed by atoms with E-state index in [-0.39, 0.29) is 5.82 Å². The van der Waals surface area contributed by atoms with Crippen LogP contribution in [-0.2, 0) is 19.3 Å². The van der Waals surface area contributed by atoms with Crippen molar-refractivity contribution in [1.82, 2.24) is 4.98 Å². The normalized spacial score (nSPS) is 13.4. The van der Waals surface area contributed by atoms with E-state index >= 15 is 0 Å². The molecule has 3 heteroatoms. The van der Waals surface area contributed by atoms with E-state index in [1.165, 1.54) is 11.1 Å². The number of fused-ring (bicyclic) bond motifs is 1. The topological polar surface area (TPSA) is 12.9 Å². The molecule has 0 atom stereocenters. The Morgan fingerprint density at radius 1 is 0.964 bits per heavy atom. The molecule has 4 rings (SSSR count). The van der Waals surface area contributed by atoms with Crippen molar-refractivity contribution in [3.8, 4) is 22.4 Å². The predicted octanol–water partition coefficient (Wildman–Crippen LogP) is 7.43. The predicted molar refractivity (Wildman–Crippen MR) is 115 cm³/mol. The van der Waals surface area contributed by atoms with E-state index in [1.807, 2.05) is 30.3 Å². The first kappa shape index (κ1) is 19.1. The lowest BCUT2D eigenvalue weighted by molar-refractivity contribution is 0.627. The third kappa shape index (κ3) is 3.84. The first-order valence-electron chi connectivity index (χ1n) is 10.2. The number of aryl methyl sites for hydroxylation is 2. The number of benzene rings is 2. The van der Waals surface area contributed by atoms with Crippen LogP contribution in [0.3, 0.4) is 0 Å². The number of rotatable bonds is 5. The monoisotopic (exact) mass is 393 g/mol. The zero-order chi connectivity index (χ0) is 19.5. The summed E-state index contributed by atoms with van der Waals surface area (Å²) in [4.78, 5) is 4.97. The summed E-state index contributed by atoms with van der Waals surface area (Å²) in [5.41, 5.74) is 7.60. The molecule has 1 aromatic heterocycles. The number of hydrogen-bond donors (Lipinski definition) is 0. The van der Waals surface area contributed by atoms with E-state index in [4.69, 9.17) is 16.6 Å². The number of unbranched alkanes of at least 4 members (excludes halogenated alkanes) is 1. The summed E-state index contributed by atoms with van der Waals surface area (Å²) in [5.74, 6) is -0.184. The Morgan fingerprint density at radius 2 is 1.79 bits per heavy atom. The van der Waals surface area contributed by atoms with Gasteiger partial charge in [-0.05, 0) is 85.0 Å². The average molecular weight is 394 g/mol. The summed E-state index contributed by atoms with van der Waals surface area (Å²) in [7, 11) is 0. The molecule has 0 fully saturated rings. The maximum absolute atomic E-state index is 14.2. The number of halogens is 2. The smallest absolute Gasteiger partial charge is 0.123 e. The Kier molecular flexibility index (Phi) is 5.77. The van der Waals surface area contributed by atoms with Crippen LogP contribution in [0.2, 0.25) is 5.02 Å². The van der Waals surface area contributed by atoms with Gasteiger partial charge in [0.2, 0.25) is 0 Å². The van der Waals surface area contributed by atoms with Crippen LogP contribution < -0.4 is 0 Å². The Bertz CT molecular complexity index is 996. The lowest BCUT2D eigenvalue weighted by Crippen LogP contribution is -2.09. The van der Waals surface area contributed by atoms with Crippen LogP contribution in [0.5, 0.6) is 0 Å². The van der Waals surface area contributed by atoms with Gasteiger partial charge in [0.1, 0.15) is 5.82 Å².